The van der Waals surface area contributed by atoms with Crippen molar-refractivity contribution in [2.45, 2.75) is 70.6 Å². The second-order valence-corrected chi connectivity index (χ2v) is 10.2. The number of hydrogen-bond acceptors (Lipinski definition) is 5. The van der Waals surface area contributed by atoms with Crippen LogP contribution in [0.3, 0.4) is 0 Å². The first kappa shape index (κ1) is 27.9. The number of phenolic OH excluding ortho intramolecular Hbond substituents is 1. The third-order valence-corrected chi connectivity index (χ3v) is 4.89. The average Bonchev–Trinajstić information content (AvgIpc) is 2.55. The monoisotopic (exact) mass is 470 g/mol. The summed E-state index contributed by atoms with van der Waals surface area (Å²) < 4.78 is 0. The van der Waals surface area contributed by atoms with E-state index in [9.17, 15) is 20.1 Å². The van der Waals surface area contributed by atoms with Crippen LogP contribution in [0.15, 0.2) is 12.1 Å². The van der Waals surface area contributed by atoms with Gasteiger partial charge < -0.3 is 15.3 Å². The third-order valence-electron chi connectivity index (χ3n) is 4.36. The standard InChI is InChI=1S/C19H33NO3.C3H5GeO2/c1-18(2,3)15-11-14(13-20(7-9-21)8-10-22)12-16(17(15)23)19(4,5)6;4-2-1-3(5)6/h11-12,21-23H,7-10,13H2,1-6H3;1-2H2,(H,5,6). The Kier molecular flexibility index (Phi) is 12.1. The van der Waals surface area contributed by atoms with Crippen molar-refractivity contribution in [3.8, 4) is 5.75 Å². The summed E-state index contributed by atoms with van der Waals surface area (Å²) in [5, 5.41) is 37.8. The van der Waals surface area contributed by atoms with E-state index < -0.39 is 5.97 Å². The summed E-state index contributed by atoms with van der Waals surface area (Å²) in [6.45, 7) is 14.4. The Morgan fingerprint density at radius 1 is 0.966 bits per heavy atom. The first-order chi connectivity index (χ1) is 13.3. The van der Waals surface area contributed by atoms with Gasteiger partial charge in [0, 0.05) is 19.6 Å². The van der Waals surface area contributed by atoms with Crippen LogP contribution < -0.4 is 0 Å². The number of benzene rings is 1. The SMILES string of the molecule is CC(C)(C)c1cc(CN(CCO)CCO)cc(C(C)(C)C)c1O.O=C(O)C[CH2][Ge]. The van der Waals surface area contributed by atoms with Crippen molar-refractivity contribution in [3.05, 3.63) is 28.8 Å². The molecule has 0 aliphatic rings. The minimum absolute atomic E-state index is 0.0658. The maximum absolute atomic E-state index is 10.7. The molecule has 1 aromatic rings. The molecule has 0 fully saturated rings. The zero-order valence-electron chi connectivity index (χ0n) is 18.7. The van der Waals surface area contributed by atoms with Crippen molar-refractivity contribution in [2.24, 2.45) is 0 Å². The number of phenols is 1. The summed E-state index contributed by atoms with van der Waals surface area (Å²) in [6, 6.07) is 4.10. The van der Waals surface area contributed by atoms with E-state index in [1.165, 1.54) is 0 Å². The maximum atomic E-state index is 10.7. The molecular weight excluding hydrogens is 431 g/mol. The first-order valence-corrected chi connectivity index (χ1v) is 11.4. The quantitative estimate of drug-likeness (QED) is 0.437. The molecule has 165 valence electrons. The predicted molar refractivity (Wildman–Crippen MR) is 118 cm³/mol. The molecule has 0 unspecified atom stereocenters. The van der Waals surface area contributed by atoms with Gasteiger partial charge in [0.25, 0.3) is 0 Å². The van der Waals surface area contributed by atoms with Crippen LogP contribution in [0.1, 0.15) is 64.7 Å². The summed E-state index contributed by atoms with van der Waals surface area (Å²) in [5.74, 6) is -0.331. The van der Waals surface area contributed by atoms with Gasteiger partial charge >= 0.3 is 44.1 Å². The molecule has 0 saturated heterocycles. The van der Waals surface area contributed by atoms with Gasteiger partial charge in [-0.3, -0.25) is 4.90 Å². The fourth-order valence-electron chi connectivity index (χ4n) is 2.85. The Labute approximate surface area is 184 Å². The van der Waals surface area contributed by atoms with E-state index in [2.05, 4.69) is 41.5 Å². The van der Waals surface area contributed by atoms with E-state index in [0.29, 0.717) is 31.8 Å². The van der Waals surface area contributed by atoms with Crippen LogP contribution >= 0.6 is 0 Å². The Balaban J connectivity index is 0.00000113. The Bertz CT molecular complexity index is 594. The van der Waals surface area contributed by atoms with E-state index >= 15 is 0 Å². The molecule has 0 spiro atoms. The van der Waals surface area contributed by atoms with E-state index in [0.717, 1.165) is 21.9 Å². The number of aliphatic carboxylic acids is 1. The number of carbonyl (C=O) groups is 1. The van der Waals surface area contributed by atoms with Crippen molar-refractivity contribution in [1.29, 1.82) is 0 Å². The van der Waals surface area contributed by atoms with Gasteiger partial charge in [0.15, 0.2) is 0 Å². The average molecular weight is 469 g/mol. The molecule has 0 aromatic heterocycles. The predicted octanol–water partition coefficient (Wildman–Crippen LogP) is 2.82. The summed E-state index contributed by atoms with van der Waals surface area (Å²) in [4.78, 5) is 11.6. The van der Waals surface area contributed by atoms with Crippen LogP contribution in [0.5, 0.6) is 5.75 Å². The van der Waals surface area contributed by atoms with Gasteiger partial charge in [-0.1, -0.05) is 53.7 Å². The molecule has 0 aliphatic carbocycles. The van der Waals surface area contributed by atoms with Crippen molar-refractivity contribution in [3.63, 3.8) is 0 Å². The van der Waals surface area contributed by atoms with Crippen LogP contribution in [0.25, 0.3) is 0 Å². The summed E-state index contributed by atoms with van der Waals surface area (Å²) in [7, 11) is 0. The van der Waals surface area contributed by atoms with E-state index in [1.807, 2.05) is 33.5 Å². The zero-order valence-corrected chi connectivity index (χ0v) is 20.8. The molecule has 29 heavy (non-hydrogen) atoms. The molecule has 0 bridgehead atoms. The normalized spacial score (nSPS) is 11.9. The second kappa shape index (κ2) is 12.6. The van der Waals surface area contributed by atoms with Gasteiger partial charge in [-0.15, -0.1) is 0 Å². The first-order valence-electron chi connectivity index (χ1n) is 9.95. The molecule has 0 aliphatic heterocycles. The number of aliphatic hydroxyl groups excluding tert-OH is 2. The van der Waals surface area contributed by atoms with Gasteiger partial charge in [-0.05, 0) is 27.5 Å². The fraction of sp³-hybridized carbons (Fsp3) is 0.682. The van der Waals surface area contributed by atoms with Crippen molar-refractivity contribution in [2.75, 3.05) is 26.3 Å². The van der Waals surface area contributed by atoms with Crippen LogP contribution in [0.2, 0.25) is 5.25 Å². The van der Waals surface area contributed by atoms with Gasteiger partial charge in [-0.2, -0.15) is 0 Å². The van der Waals surface area contributed by atoms with E-state index in [4.69, 9.17) is 5.11 Å². The van der Waals surface area contributed by atoms with Crippen LogP contribution in [-0.4, -0.2) is 74.1 Å². The molecule has 1 aromatic carbocycles. The zero-order chi connectivity index (χ0) is 22.8. The van der Waals surface area contributed by atoms with Gasteiger partial charge in [-0.25, -0.2) is 0 Å². The number of nitrogens with zero attached hydrogens (tertiary/aromatic N) is 1. The number of aliphatic hydroxyl groups is 2. The molecular formula is C22H38GeNO5. The van der Waals surface area contributed by atoms with Crippen LogP contribution in [0, 0.1) is 0 Å². The van der Waals surface area contributed by atoms with Gasteiger partial charge in [0.1, 0.15) is 5.75 Å². The second-order valence-electron chi connectivity index (χ2n) is 9.16. The van der Waals surface area contributed by atoms with E-state index in [-0.39, 0.29) is 24.0 Å². The molecule has 6 nitrogen and oxygen atoms in total. The van der Waals surface area contributed by atoms with Crippen molar-refractivity contribution < 1.29 is 25.2 Å². The molecule has 4 N–H and O–H groups in total. The van der Waals surface area contributed by atoms with Crippen molar-refractivity contribution >= 4 is 22.5 Å². The third kappa shape index (κ3) is 10.5. The number of hydrogen-bond donors (Lipinski definition) is 4. The van der Waals surface area contributed by atoms with Gasteiger partial charge in [0.2, 0.25) is 0 Å². The molecule has 0 amide bonds. The van der Waals surface area contributed by atoms with Crippen LogP contribution in [0.4, 0.5) is 0 Å². The Morgan fingerprint density at radius 2 is 1.38 bits per heavy atom. The summed E-state index contributed by atoms with van der Waals surface area (Å²) in [6.07, 6.45) is 0.292. The number of aromatic hydroxyl groups is 1. The molecule has 0 atom stereocenters. The van der Waals surface area contributed by atoms with E-state index in [1.54, 1.807) is 0 Å². The molecule has 7 heteroatoms. The topological polar surface area (TPSA) is 101 Å². The minimum atomic E-state index is -0.711. The Morgan fingerprint density at radius 3 is 1.62 bits per heavy atom. The number of carboxylic acid groups (broad SMARTS) is 1. The van der Waals surface area contributed by atoms with Crippen molar-refractivity contribution in [1.82, 2.24) is 4.90 Å². The number of rotatable bonds is 8. The molecule has 1 rings (SSSR count). The molecule has 0 saturated carbocycles. The van der Waals surface area contributed by atoms with Gasteiger partial charge in [0.05, 0.1) is 13.2 Å². The summed E-state index contributed by atoms with van der Waals surface area (Å²) >= 11 is 1.84. The molecule has 3 radical (unpaired) electrons. The molecule has 0 heterocycles. The summed E-state index contributed by atoms with van der Waals surface area (Å²) in [5.41, 5.74) is 2.66. The fourth-order valence-corrected chi connectivity index (χ4v) is 3.30. The van der Waals surface area contributed by atoms with Crippen LogP contribution in [-0.2, 0) is 22.2 Å². The number of carboxylic acids is 1. The Hall–Kier alpha value is -1.09.